The van der Waals surface area contributed by atoms with Crippen LogP contribution in [0, 0.1) is 5.82 Å². The summed E-state index contributed by atoms with van der Waals surface area (Å²) in [6, 6.07) is 14.2. The maximum absolute atomic E-state index is 13.1. The fourth-order valence-electron chi connectivity index (χ4n) is 2.13. The minimum Gasteiger partial charge on any atom is -0.396 e. The molecule has 0 unspecified atom stereocenters. The van der Waals surface area contributed by atoms with Crippen LogP contribution in [0.15, 0.2) is 48.5 Å². The summed E-state index contributed by atoms with van der Waals surface area (Å²) < 4.78 is 13.1. The van der Waals surface area contributed by atoms with Crippen molar-refractivity contribution in [2.75, 3.05) is 19.3 Å². The summed E-state index contributed by atoms with van der Waals surface area (Å²) in [5, 5.41) is 0. The number of nitrogen functional groups attached to an aromatic ring is 1. The van der Waals surface area contributed by atoms with Gasteiger partial charge in [-0.3, -0.25) is 4.79 Å². The molecule has 0 atom stereocenters. The zero-order valence-corrected chi connectivity index (χ0v) is 12.1. The highest BCUT2D eigenvalue weighted by atomic mass is 19.1. The molecule has 4 heteroatoms. The number of halogens is 1. The molecule has 0 heterocycles. The molecule has 0 bridgehead atoms. The Balaban J connectivity index is 1.87. The van der Waals surface area contributed by atoms with E-state index in [1.807, 2.05) is 25.2 Å². The number of rotatable bonds is 6. The van der Waals surface area contributed by atoms with E-state index in [2.05, 4.69) is 17.0 Å². The molecular weight excluding hydrogens is 267 g/mol. The summed E-state index contributed by atoms with van der Waals surface area (Å²) in [4.78, 5) is 14.1. The second-order valence-electron chi connectivity index (χ2n) is 5.13. The van der Waals surface area contributed by atoms with E-state index >= 15 is 0 Å². The monoisotopic (exact) mass is 286 g/mol. The van der Waals surface area contributed by atoms with Gasteiger partial charge in [-0.15, -0.1) is 0 Å². The number of carbonyl (C=O) groups is 1. The molecule has 2 aromatic rings. The van der Waals surface area contributed by atoms with E-state index in [0.717, 1.165) is 6.54 Å². The van der Waals surface area contributed by atoms with Gasteiger partial charge in [0.2, 0.25) is 0 Å². The van der Waals surface area contributed by atoms with Gasteiger partial charge < -0.3 is 10.6 Å². The van der Waals surface area contributed by atoms with Crippen molar-refractivity contribution < 1.29 is 9.18 Å². The van der Waals surface area contributed by atoms with E-state index in [1.54, 1.807) is 0 Å². The van der Waals surface area contributed by atoms with Crippen molar-refractivity contribution in [1.29, 1.82) is 0 Å². The molecule has 0 radical (unpaired) electrons. The number of hydrogen-bond donors (Lipinski definition) is 1. The van der Waals surface area contributed by atoms with Crippen LogP contribution in [0.1, 0.15) is 22.3 Å². The minimum absolute atomic E-state index is 0.0125. The average Bonchev–Trinajstić information content (AvgIpc) is 2.48. The lowest BCUT2D eigenvalue weighted by atomic mass is 10.1. The predicted octanol–water partition coefficient (Wildman–Crippen LogP) is 3.11. The molecule has 110 valence electrons. The van der Waals surface area contributed by atoms with Gasteiger partial charge in [0.15, 0.2) is 5.78 Å². The largest absolute Gasteiger partial charge is 0.396 e. The fraction of sp³-hybridized carbons (Fsp3) is 0.235. The van der Waals surface area contributed by atoms with E-state index in [0.29, 0.717) is 18.5 Å². The van der Waals surface area contributed by atoms with E-state index in [1.165, 1.54) is 23.8 Å². The van der Waals surface area contributed by atoms with Crippen molar-refractivity contribution >= 4 is 11.5 Å². The predicted molar refractivity (Wildman–Crippen MR) is 82.5 cm³/mol. The summed E-state index contributed by atoms with van der Waals surface area (Å²) in [6.07, 6.45) is 0.383. The first-order valence-corrected chi connectivity index (χ1v) is 6.87. The first kappa shape index (κ1) is 15.2. The maximum atomic E-state index is 13.1. The van der Waals surface area contributed by atoms with Crippen LogP contribution in [0.2, 0.25) is 0 Å². The summed E-state index contributed by atoms with van der Waals surface area (Å²) in [5.74, 6) is -0.519. The summed E-state index contributed by atoms with van der Waals surface area (Å²) in [5.41, 5.74) is 7.16. The van der Waals surface area contributed by atoms with Crippen LogP contribution in [0.4, 0.5) is 10.1 Å². The zero-order chi connectivity index (χ0) is 15.2. The summed E-state index contributed by atoms with van der Waals surface area (Å²) >= 11 is 0. The molecule has 0 aliphatic heterocycles. The standard InChI is InChI=1S/C17H19FN2O/c1-20(12-13-5-3-2-4-6-13)10-9-17(21)14-7-8-15(18)16(19)11-14/h2-8,11H,9-10,12,19H2,1H3. The average molecular weight is 286 g/mol. The molecule has 0 aliphatic rings. The van der Waals surface area contributed by atoms with Crippen molar-refractivity contribution in [3.8, 4) is 0 Å². The lowest BCUT2D eigenvalue weighted by molar-refractivity contribution is 0.0968. The van der Waals surface area contributed by atoms with Gasteiger partial charge in [0.1, 0.15) is 5.82 Å². The number of nitrogens with two attached hydrogens (primary N) is 1. The highest BCUT2D eigenvalue weighted by molar-refractivity contribution is 5.96. The SMILES string of the molecule is CN(CCC(=O)c1ccc(F)c(N)c1)Cc1ccccc1. The Kier molecular flexibility index (Phi) is 5.06. The van der Waals surface area contributed by atoms with Gasteiger partial charge in [0.25, 0.3) is 0 Å². The molecule has 0 saturated heterocycles. The fourth-order valence-corrected chi connectivity index (χ4v) is 2.13. The number of ketones is 1. The van der Waals surface area contributed by atoms with Gasteiger partial charge >= 0.3 is 0 Å². The van der Waals surface area contributed by atoms with Crippen LogP contribution in [-0.4, -0.2) is 24.3 Å². The number of Topliss-reactive ketones (excluding diaryl/α,β-unsaturated/α-hetero) is 1. The van der Waals surface area contributed by atoms with Gasteiger partial charge in [-0.2, -0.15) is 0 Å². The molecule has 2 aromatic carbocycles. The number of hydrogen-bond acceptors (Lipinski definition) is 3. The lowest BCUT2D eigenvalue weighted by Crippen LogP contribution is -2.21. The van der Waals surface area contributed by atoms with E-state index in [4.69, 9.17) is 5.73 Å². The molecule has 0 spiro atoms. The smallest absolute Gasteiger partial charge is 0.164 e. The molecule has 3 nitrogen and oxygen atoms in total. The third-order valence-corrected chi connectivity index (χ3v) is 3.33. The van der Waals surface area contributed by atoms with Gasteiger partial charge in [0, 0.05) is 25.1 Å². The van der Waals surface area contributed by atoms with Crippen molar-refractivity contribution in [3.05, 3.63) is 65.5 Å². The minimum atomic E-state index is -0.493. The van der Waals surface area contributed by atoms with Crippen molar-refractivity contribution in [3.63, 3.8) is 0 Å². The van der Waals surface area contributed by atoms with Gasteiger partial charge in [-0.25, -0.2) is 4.39 Å². The Morgan fingerprint density at radius 1 is 1.19 bits per heavy atom. The van der Waals surface area contributed by atoms with Crippen molar-refractivity contribution in [2.24, 2.45) is 0 Å². The Morgan fingerprint density at radius 3 is 2.57 bits per heavy atom. The van der Waals surface area contributed by atoms with Crippen LogP contribution in [0.3, 0.4) is 0 Å². The quantitative estimate of drug-likeness (QED) is 0.655. The van der Waals surface area contributed by atoms with Crippen LogP contribution < -0.4 is 5.73 Å². The molecule has 21 heavy (non-hydrogen) atoms. The topological polar surface area (TPSA) is 46.3 Å². The molecule has 0 aromatic heterocycles. The third kappa shape index (κ3) is 4.39. The number of anilines is 1. The number of benzene rings is 2. The molecule has 0 fully saturated rings. The Labute approximate surface area is 124 Å². The van der Waals surface area contributed by atoms with Gasteiger partial charge in [-0.05, 0) is 30.8 Å². The first-order chi connectivity index (χ1) is 10.1. The highest BCUT2D eigenvalue weighted by Gasteiger charge is 2.10. The summed E-state index contributed by atoms with van der Waals surface area (Å²) in [6.45, 7) is 1.44. The second-order valence-corrected chi connectivity index (χ2v) is 5.13. The Morgan fingerprint density at radius 2 is 1.90 bits per heavy atom. The Hall–Kier alpha value is -2.20. The lowest BCUT2D eigenvalue weighted by Gasteiger charge is -2.16. The molecular formula is C17H19FN2O. The van der Waals surface area contributed by atoms with Gasteiger partial charge in [-0.1, -0.05) is 30.3 Å². The molecule has 0 saturated carbocycles. The number of nitrogens with zero attached hydrogens (tertiary/aromatic N) is 1. The first-order valence-electron chi connectivity index (χ1n) is 6.87. The van der Waals surface area contributed by atoms with Crippen LogP contribution >= 0.6 is 0 Å². The second kappa shape index (κ2) is 6.99. The normalized spacial score (nSPS) is 10.8. The van der Waals surface area contributed by atoms with Crippen molar-refractivity contribution in [1.82, 2.24) is 4.90 Å². The molecule has 2 N–H and O–H groups in total. The van der Waals surface area contributed by atoms with E-state index < -0.39 is 5.82 Å². The van der Waals surface area contributed by atoms with Crippen LogP contribution in [-0.2, 0) is 6.54 Å². The van der Waals surface area contributed by atoms with Crippen LogP contribution in [0.25, 0.3) is 0 Å². The molecule has 2 rings (SSSR count). The van der Waals surface area contributed by atoms with E-state index in [-0.39, 0.29) is 11.5 Å². The Bertz CT molecular complexity index is 613. The van der Waals surface area contributed by atoms with Crippen LogP contribution in [0.5, 0.6) is 0 Å². The highest BCUT2D eigenvalue weighted by Crippen LogP contribution is 2.14. The van der Waals surface area contributed by atoms with E-state index in [9.17, 15) is 9.18 Å². The third-order valence-electron chi connectivity index (χ3n) is 3.33. The zero-order valence-electron chi connectivity index (χ0n) is 12.1. The van der Waals surface area contributed by atoms with Crippen molar-refractivity contribution in [2.45, 2.75) is 13.0 Å². The molecule has 0 amide bonds. The molecule has 0 aliphatic carbocycles. The number of carbonyl (C=O) groups excluding carboxylic acids is 1. The maximum Gasteiger partial charge on any atom is 0.164 e. The van der Waals surface area contributed by atoms with Gasteiger partial charge in [0.05, 0.1) is 5.69 Å². The summed E-state index contributed by atoms with van der Waals surface area (Å²) in [7, 11) is 1.97.